The number of nitrogens with one attached hydrogen (secondary N) is 1. The van der Waals surface area contributed by atoms with Crippen LogP contribution in [0.1, 0.15) is 58.3 Å². The lowest BCUT2D eigenvalue weighted by molar-refractivity contribution is -0.142. The molecule has 0 aromatic heterocycles. The Hall–Kier alpha value is -1.19. The van der Waals surface area contributed by atoms with Crippen LogP contribution >= 0.6 is 0 Å². The van der Waals surface area contributed by atoms with E-state index in [1.54, 1.807) is 0 Å². The van der Waals surface area contributed by atoms with Gasteiger partial charge in [-0.2, -0.15) is 0 Å². The summed E-state index contributed by atoms with van der Waals surface area (Å²) in [4.78, 5) is 19.0. The van der Waals surface area contributed by atoms with Crippen molar-refractivity contribution in [3.05, 3.63) is 0 Å². The second kappa shape index (κ2) is 18.2. The quantitative estimate of drug-likeness (QED) is 0.272. The molecule has 106 valence electrons. The van der Waals surface area contributed by atoms with Gasteiger partial charge in [0.25, 0.3) is 0 Å². The van der Waals surface area contributed by atoms with Crippen LogP contribution in [-0.2, 0) is 14.3 Å². The molecule has 0 amide bonds. The van der Waals surface area contributed by atoms with E-state index in [0.29, 0.717) is 6.61 Å². The highest BCUT2D eigenvalue weighted by atomic mass is 16.5. The zero-order chi connectivity index (χ0) is 14.1. The van der Waals surface area contributed by atoms with Gasteiger partial charge in [0.05, 0.1) is 13.2 Å². The van der Waals surface area contributed by atoms with Crippen molar-refractivity contribution < 1.29 is 14.3 Å². The van der Waals surface area contributed by atoms with Gasteiger partial charge in [-0.05, 0) is 6.42 Å². The first kappa shape index (κ1) is 19.2. The number of ether oxygens (including phenoxy) is 1. The molecule has 0 rings (SSSR count). The van der Waals surface area contributed by atoms with Gasteiger partial charge in [0, 0.05) is 0 Å². The normalized spacial score (nSPS) is 9.00. The third-order valence-electron chi connectivity index (χ3n) is 2.43. The fourth-order valence-corrected chi connectivity index (χ4v) is 1.48. The van der Waals surface area contributed by atoms with Gasteiger partial charge in [-0.1, -0.05) is 51.9 Å². The zero-order valence-electron chi connectivity index (χ0n) is 11.4. The van der Waals surface area contributed by atoms with E-state index >= 15 is 0 Å². The van der Waals surface area contributed by atoms with Crippen molar-refractivity contribution >= 4 is 12.0 Å². The molecule has 0 aliphatic rings. The Balaban J connectivity index is 0. The largest absolute Gasteiger partial charge is 0.465 e. The van der Waals surface area contributed by atoms with E-state index < -0.39 is 0 Å². The molecule has 0 bridgehead atoms. The van der Waals surface area contributed by atoms with Crippen molar-refractivity contribution in [3.63, 3.8) is 0 Å². The lowest BCUT2D eigenvalue weighted by Gasteiger charge is -2.03. The molecule has 0 atom stereocenters. The topological polar surface area (TPSA) is 93.2 Å². The molecule has 3 N–H and O–H groups in total. The van der Waals surface area contributed by atoms with Crippen LogP contribution < -0.4 is 5.73 Å². The zero-order valence-corrected chi connectivity index (χ0v) is 11.4. The molecule has 0 aliphatic heterocycles. The molecule has 18 heavy (non-hydrogen) atoms. The first-order valence-corrected chi connectivity index (χ1v) is 6.62. The van der Waals surface area contributed by atoms with E-state index in [4.69, 9.17) is 20.7 Å². The molecular formula is C13H26N2O3. The minimum Gasteiger partial charge on any atom is -0.465 e. The maximum Gasteiger partial charge on any atom is 0.319 e. The number of hydrogen-bond acceptors (Lipinski definition) is 5. The molecule has 0 radical (unpaired) electrons. The van der Waals surface area contributed by atoms with Crippen LogP contribution in [0.2, 0.25) is 0 Å². The van der Waals surface area contributed by atoms with Gasteiger partial charge in [0.1, 0.15) is 0 Å². The van der Waals surface area contributed by atoms with Crippen LogP contribution in [0.4, 0.5) is 0 Å². The van der Waals surface area contributed by atoms with Crippen molar-refractivity contribution in [3.8, 4) is 0 Å². The van der Waals surface area contributed by atoms with Crippen LogP contribution in [-0.4, -0.2) is 25.2 Å². The number of carbonyl (C=O) groups excluding carboxylic acids is 2. The SMILES string of the molecule is CCCCCCCCCCOC(=O)CN.N=C=O. The first-order chi connectivity index (χ1) is 8.72. The third kappa shape index (κ3) is 20.3. The molecule has 5 nitrogen and oxygen atoms in total. The molecular weight excluding hydrogens is 232 g/mol. The predicted molar refractivity (Wildman–Crippen MR) is 71.0 cm³/mol. The third-order valence-corrected chi connectivity index (χ3v) is 2.43. The first-order valence-electron chi connectivity index (χ1n) is 6.62. The number of esters is 1. The highest BCUT2D eigenvalue weighted by molar-refractivity contribution is 5.71. The number of unbranched alkanes of at least 4 members (excludes halogenated alkanes) is 7. The molecule has 0 aliphatic carbocycles. The van der Waals surface area contributed by atoms with Crippen LogP contribution in [0, 0.1) is 5.41 Å². The molecule has 0 spiro atoms. The Morgan fingerprint density at radius 2 is 1.56 bits per heavy atom. The summed E-state index contributed by atoms with van der Waals surface area (Å²) in [5.74, 6) is -0.294. The fourth-order valence-electron chi connectivity index (χ4n) is 1.48. The van der Waals surface area contributed by atoms with Crippen LogP contribution in [0.3, 0.4) is 0 Å². The molecule has 0 aromatic carbocycles. The number of carbonyl (C=O) groups is 1. The number of isocyanates is 1. The van der Waals surface area contributed by atoms with E-state index in [-0.39, 0.29) is 12.5 Å². The second-order valence-corrected chi connectivity index (χ2v) is 4.00. The lowest BCUT2D eigenvalue weighted by Crippen LogP contribution is -2.17. The molecule has 0 heterocycles. The Morgan fingerprint density at radius 3 is 2.00 bits per heavy atom. The van der Waals surface area contributed by atoms with Gasteiger partial charge in [-0.3, -0.25) is 4.79 Å². The Morgan fingerprint density at radius 1 is 1.11 bits per heavy atom. The summed E-state index contributed by atoms with van der Waals surface area (Å²) in [6.45, 7) is 2.76. The van der Waals surface area contributed by atoms with Crippen molar-refractivity contribution in [2.45, 2.75) is 58.3 Å². The van der Waals surface area contributed by atoms with Crippen molar-refractivity contribution in [1.29, 1.82) is 5.41 Å². The summed E-state index contributed by atoms with van der Waals surface area (Å²) < 4.78 is 4.87. The standard InChI is InChI=1S/C12H25NO2.CHNO/c1-2-3-4-5-6-7-8-9-10-15-12(14)11-13;2-1-3/h2-11,13H2,1H3;2H. The average molecular weight is 258 g/mol. The summed E-state index contributed by atoms with van der Waals surface area (Å²) in [6.07, 6.45) is 10.8. The summed E-state index contributed by atoms with van der Waals surface area (Å²) in [5, 5.41) is 5.40. The summed E-state index contributed by atoms with van der Waals surface area (Å²) in [5.41, 5.74) is 5.11. The molecule has 0 saturated carbocycles. The van der Waals surface area contributed by atoms with E-state index in [0.717, 1.165) is 18.9 Å². The highest BCUT2D eigenvalue weighted by Gasteiger charge is 1.97. The Labute approximate surface area is 110 Å². The number of hydrogen-bond donors (Lipinski definition) is 2. The Bertz CT molecular complexity index is 214. The highest BCUT2D eigenvalue weighted by Crippen LogP contribution is 2.08. The van der Waals surface area contributed by atoms with E-state index in [1.165, 1.54) is 38.5 Å². The van der Waals surface area contributed by atoms with Crippen LogP contribution in [0.15, 0.2) is 0 Å². The molecule has 0 saturated heterocycles. The van der Waals surface area contributed by atoms with Gasteiger partial charge in [0.15, 0.2) is 0 Å². The second-order valence-electron chi connectivity index (χ2n) is 4.00. The minimum atomic E-state index is -0.294. The molecule has 0 unspecified atom stereocenters. The molecule has 5 heteroatoms. The summed E-state index contributed by atoms with van der Waals surface area (Å²) >= 11 is 0. The van der Waals surface area contributed by atoms with Crippen molar-refractivity contribution in [2.24, 2.45) is 5.73 Å². The lowest BCUT2D eigenvalue weighted by atomic mass is 10.1. The van der Waals surface area contributed by atoms with Crippen LogP contribution in [0.25, 0.3) is 0 Å². The Kier molecular flexibility index (Phi) is 19.4. The predicted octanol–water partition coefficient (Wildman–Crippen LogP) is 2.53. The summed E-state index contributed by atoms with van der Waals surface area (Å²) in [6, 6.07) is 0. The molecule has 0 fully saturated rings. The fraction of sp³-hybridized carbons (Fsp3) is 0.846. The maximum atomic E-state index is 10.7. The average Bonchev–Trinajstić information content (AvgIpc) is 2.37. The smallest absolute Gasteiger partial charge is 0.319 e. The van der Waals surface area contributed by atoms with Crippen LogP contribution in [0.5, 0.6) is 0 Å². The van der Waals surface area contributed by atoms with Gasteiger partial charge in [0.2, 0.25) is 6.08 Å². The van der Waals surface area contributed by atoms with Gasteiger partial charge in [-0.15, -0.1) is 0 Å². The number of nitrogens with two attached hydrogens (primary N) is 1. The van der Waals surface area contributed by atoms with E-state index in [9.17, 15) is 4.79 Å². The number of rotatable bonds is 10. The van der Waals surface area contributed by atoms with Crippen molar-refractivity contribution in [2.75, 3.05) is 13.2 Å². The monoisotopic (exact) mass is 258 g/mol. The minimum absolute atomic E-state index is 0.00296. The molecule has 0 aromatic rings. The van der Waals surface area contributed by atoms with Gasteiger partial charge < -0.3 is 10.5 Å². The summed E-state index contributed by atoms with van der Waals surface area (Å²) in [7, 11) is 0. The van der Waals surface area contributed by atoms with E-state index in [1.807, 2.05) is 0 Å². The van der Waals surface area contributed by atoms with Gasteiger partial charge in [-0.25, -0.2) is 10.2 Å². The van der Waals surface area contributed by atoms with Crippen molar-refractivity contribution in [1.82, 2.24) is 0 Å². The maximum absolute atomic E-state index is 10.7. The van der Waals surface area contributed by atoms with Gasteiger partial charge >= 0.3 is 5.97 Å². The van der Waals surface area contributed by atoms with E-state index in [2.05, 4.69) is 6.92 Å².